The molecule has 0 heterocycles. The summed E-state index contributed by atoms with van der Waals surface area (Å²) in [4.78, 5) is 0. The van der Waals surface area contributed by atoms with Gasteiger partial charge in [0.15, 0.2) is 0 Å². The summed E-state index contributed by atoms with van der Waals surface area (Å²) in [7, 11) is 1.65. The number of benzene rings is 10. The Morgan fingerprint density at radius 1 is 0.333 bits per heavy atom. The first-order valence-electron chi connectivity index (χ1n) is 35.1. The zero-order valence-electron chi connectivity index (χ0n) is 59.4. The molecule has 0 spiro atoms. The van der Waals surface area contributed by atoms with Crippen LogP contribution in [-0.2, 0) is 52.3 Å². The maximum atomic E-state index is 10.0. The number of hydrogen-bond acceptors (Lipinski definition) is 8. The van der Waals surface area contributed by atoms with Crippen molar-refractivity contribution in [3.63, 3.8) is 0 Å². The van der Waals surface area contributed by atoms with Crippen molar-refractivity contribution in [2.45, 2.75) is 177 Å². The van der Waals surface area contributed by atoms with E-state index in [9.17, 15) is 10.2 Å². The zero-order chi connectivity index (χ0) is 70.8. The van der Waals surface area contributed by atoms with E-state index < -0.39 is 12.2 Å². The number of halogens is 3. The lowest BCUT2D eigenvalue weighted by Gasteiger charge is -2.13. The number of aliphatic hydroxyl groups is 2. The second-order valence-electron chi connectivity index (χ2n) is 24.6. The lowest BCUT2D eigenvalue weighted by molar-refractivity contribution is 0.165. The molecule has 0 aromatic heterocycles. The fraction of sp³-hybridized carbons (Fsp3) is 0.318. The summed E-state index contributed by atoms with van der Waals surface area (Å²) >= 11 is 18.1. The van der Waals surface area contributed by atoms with Crippen LogP contribution in [0, 0.1) is 13.8 Å². The number of aliphatic hydroxyl groups excluding tert-OH is 2. The molecule has 0 aliphatic heterocycles. The number of hydrogen-bond donors (Lipinski definition) is 2. The van der Waals surface area contributed by atoms with Crippen LogP contribution in [0.4, 0.5) is 0 Å². The molecule has 0 aliphatic rings. The van der Waals surface area contributed by atoms with Gasteiger partial charge >= 0.3 is 0 Å². The summed E-state index contributed by atoms with van der Waals surface area (Å²) in [6, 6.07) is 78.2. The second-order valence-corrected chi connectivity index (χ2v) is 25.8. The van der Waals surface area contributed by atoms with Gasteiger partial charge in [-0.25, -0.2) is 0 Å². The van der Waals surface area contributed by atoms with E-state index in [-0.39, 0.29) is 0 Å². The van der Waals surface area contributed by atoms with Gasteiger partial charge in [0.25, 0.3) is 0 Å². The summed E-state index contributed by atoms with van der Waals surface area (Å²) < 4.78 is 34.4. The number of para-hydroxylation sites is 1. The van der Waals surface area contributed by atoms with E-state index in [0.29, 0.717) is 48.8 Å². The van der Waals surface area contributed by atoms with E-state index in [1.807, 2.05) is 122 Å². The summed E-state index contributed by atoms with van der Waals surface area (Å²) in [6.07, 6.45) is 13.3. The van der Waals surface area contributed by atoms with E-state index in [2.05, 4.69) is 145 Å². The molecule has 11 heteroatoms. The highest BCUT2D eigenvalue weighted by atomic mass is 35.5. The van der Waals surface area contributed by atoms with Crippen molar-refractivity contribution in [3.05, 3.63) is 318 Å². The molecular formula is C88H103Cl3O8. The molecular weight excluding hydrogens is 1290 g/mol. The lowest BCUT2D eigenvalue weighted by Crippen LogP contribution is -2.00. The van der Waals surface area contributed by atoms with Crippen molar-refractivity contribution in [1.82, 2.24) is 0 Å². The third kappa shape index (κ3) is 30.8. The Morgan fingerprint density at radius 3 is 1.06 bits per heavy atom. The summed E-state index contributed by atoms with van der Waals surface area (Å²) in [5.74, 6) is 5.14. The average molecular weight is 1400 g/mol. The number of rotatable bonds is 31. The van der Waals surface area contributed by atoms with Crippen LogP contribution < -0.4 is 28.4 Å². The van der Waals surface area contributed by atoms with Crippen molar-refractivity contribution < 1.29 is 38.6 Å². The molecule has 0 saturated heterocycles. The Kier molecular flexibility index (Phi) is 37.2. The molecule has 10 aromatic rings. The van der Waals surface area contributed by atoms with Gasteiger partial charge < -0.3 is 38.6 Å². The van der Waals surface area contributed by atoms with Gasteiger partial charge in [0, 0.05) is 26.2 Å². The molecule has 10 rings (SSSR count). The normalized spacial score (nSPS) is 11.1. The molecule has 0 aliphatic carbocycles. The minimum Gasteiger partial charge on any atom is -0.496 e. The van der Waals surface area contributed by atoms with Crippen molar-refractivity contribution in [2.75, 3.05) is 7.11 Å². The lowest BCUT2D eigenvalue weighted by atomic mass is 10.1. The third-order valence-electron chi connectivity index (χ3n) is 16.2. The first-order valence-corrected chi connectivity index (χ1v) is 36.2. The van der Waals surface area contributed by atoms with Crippen LogP contribution in [0.25, 0.3) is 0 Å². The monoisotopic (exact) mass is 1390 g/mol. The summed E-state index contributed by atoms with van der Waals surface area (Å²) in [6.45, 7) is 17.5. The Balaban J connectivity index is 0.000000195. The molecule has 10 aromatic carbocycles. The molecule has 0 amide bonds. The van der Waals surface area contributed by atoms with E-state index in [1.165, 1.54) is 77.5 Å². The summed E-state index contributed by atoms with van der Waals surface area (Å²) in [5.41, 5.74) is 13.7. The van der Waals surface area contributed by atoms with E-state index >= 15 is 0 Å². The quantitative estimate of drug-likeness (QED) is 0.0444. The molecule has 0 bridgehead atoms. The van der Waals surface area contributed by atoms with E-state index in [1.54, 1.807) is 25.3 Å². The molecule has 0 fully saturated rings. The van der Waals surface area contributed by atoms with Crippen LogP contribution in [0.5, 0.6) is 34.5 Å². The van der Waals surface area contributed by atoms with E-state index in [4.69, 9.17) is 63.2 Å². The topological polar surface area (TPSA) is 95.8 Å². The Bertz CT molecular complexity index is 3590. The third-order valence-corrected chi connectivity index (χ3v) is 17.1. The highest BCUT2D eigenvalue weighted by Gasteiger charge is 2.12. The largest absolute Gasteiger partial charge is 0.496 e. The van der Waals surface area contributed by atoms with Gasteiger partial charge in [0.05, 0.1) is 19.3 Å². The van der Waals surface area contributed by atoms with Gasteiger partial charge in [-0.1, -0.05) is 258 Å². The maximum Gasteiger partial charge on any atom is 0.125 e. The zero-order valence-corrected chi connectivity index (χ0v) is 61.6. The molecule has 2 atom stereocenters. The standard InChI is InChI=1S/C18H22O3.2C18H22O.C17H18Cl2O2.C17H19ClO/c1-3-7-17(19)14-9-6-10-16(12-14)21-13-15-8-4-5-11-18(15)20-2;2*1-3-4-6-16-7-5-8-18(13-16)19-14-17-11-9-15(2)10-12-17;1-2-5-17(20)12-6-3-7-13(10-12)21-11-14-15(18)8-4-9-16(14)19;1-2-3-5-14-6-4-7-17(12-14)19-13-15-8-10-16(18)11-9-15/h4-6,8-12,17,19H,3,7,13H2,1-2H3;2*5,7-13H,3-4,6,14H2,1-2H3;3-4,6-10,17,20H,2,5,11H2,1H3;4,6-12H,2-3,5,13H2,1H3. The van der Waals surface area contributed by atoms with Crippen LogP contribution in [0.2, 0.25) is 15.1 Å². The van der Waals surface area contributed by atoms with E-state index in [0.717, 1.165) is 107 Å². The second kappa shape index (κ2) is 46.2. The number of methoxy groups -OCH3 is 1. The molecule has 524 valence electrons. The minimum atomic E-state index is -0.456. The van der Waals surface area contributed by atoms with Gasteiger partial charge in [0.2, 0.25) is 0 Å². The molecule has 99 heavy (non-hydrogen) atoms. The van der Waals surface area contributed by atoms with Crippen LogP contribution >= 0.6 is 34.8 Å². The predicted molar refractivity (Wildman–Crippen MR) is 413 cm³/mol. The van der Waals surface area contributed by atoms with Crippen molar-refractivity contribution in [1.29, 1.82) is 0 Å². The Labute approximate surface area is 606 Å². The molecule has 0 saturated carbocycles. The van der Waals surface area contributed by atoms with Gasteiger partial charge in [-0.2, -0.15) is 0 Å². The van der Waals surface area contributed by atoms with Crippen molar-refractivity contribution in [3.8, 4) is 34.5 Å². The number of unbranched alkanes of at least 4 members (excludes halogenated alkanes) is 3. The maximum absolute atomic E-state index is 10.0. The van der Waals surface area contributed by atoms with Crippen LogP contribution in [0.15, 0.2) is 237 Å². The minimum absolute atomic E-state index is 0.297. The SMILES string of the molecule is CCCC(O)c1cccc(OCc2c(Cl)cccc2Cl)c1.CCCC(O)c1cccc(OCc2ccccc2OC)c1.CCCCc1cccc(OCc2ccc(C)cc2)c1.CCCCc1cccc(OCc2ccc(C)cc2)c1.CCCCc1cccc(OCc2ccc(Cl)cc2)c1. The highest BCUT2D eigenvalue weighted by Crippen LogP contribution is 2.30. The first-order chi connectivity index (χ1) is 48.2. The highest BCUT2D eigenvalue weighted by molar-refractivity contribution is 6.36. The van der Waals surface area contributed by atoms with Gasteiger partial charge in [-0.05, 0) is 201 Å². The average Bonchev–Trinajstić information content (AvgIpc) is 1.20. The Morgan fingerprint density at radius 2 is 0.677 bits per heavy atom. The smallest absolute Gasteiger partial charge is 0.125 e. The molecule has 0 radical (unpaired) electrons. The van der Waals surface area contributed by atoms with Crippen LogP contribution in [0.3, 0.4) is 0 Å². The van der Waals surface area contributed by atoms with Crippen molar-refractivity contribution in [2.24, 2.45) is 0 Å². The summed E-state index contributed by atoms with van der Waals surface area (Å²) in [5, 5.41) is 22.0. The van der Waals surface area contributed by atoms with Gasteiger partial charge in [0.1, 0.15) is 67.5 Å². The van der Waals surface area contributed by atoms with Crippen LogP contribution in [0.1, 0.15) is 178 Å². The van der Waals surface area contributed by atoms with Gasteiger partial charge in [-0.15, -0.1) is 0 Å². The molecule has 8 nitrogen and oxygen atoms in total. The predicted octanol–water partition coefficient (Wildman–Crippen LogP) is 24.6. The van der Waals surface area contributed by atoms with Crippen molar-refractivity contribution >= 4 is 34.8 Å². The molecule has 2 unspecified atom stereocenters. The first kappa shape index (κ1) is 79.8. The fourth-order valence-electron chi connectivity index (χ4n) is 10.3. The van der Waals surface area contributed by atoms with Crippen LogP contribution in [-0.4, -0.2) is 17.3 Å². The number of ether oxygens (including phenoxy) is 6. The van der Waals surface area contributed by atoms with Gasteiger partial charge in [-0.3, -0.25) is 0 Å². The number of aryl methyl sites for hydroxylation is 5. The fourth-order valence-corrected chi connectivity index (χ4v) is 10.9. The Hall–Kier alpha value is -8.21. The molecule has 2 N–H and O–H groups in total.